The van der Waals surface area contributed by atoms with Crippen LogP contribution in [0.25, 0.3) is 0 Å². The van der Waals surface area contributed by atoms with Gasteiger partial charge in [-0.05, 0) is 64.3 Å². The molecular formula is C15H14Br2FNO. The Hall–Kier alpha value is -1.07. The van der Waals surface area contributed by atoms with Gasteiger partial charge in [-0.15, -0.1) is 0 Å². The van der Waals surface area contributed by atoms with E-state index in [1.165, 1.54) is 6.07 Å². The normalized spacial score (nSPS) is 10.4. The van der Waals surface area contributed by atoms with E-state index in [-0.39, 0.29) is 5.82 Å². The zero-order valence-corrected chi connectivity index (χ0v) is 14.3. The van der Waals surface area contributed by atoms with E-state index in [9.17, 15) is 4.39 Å². The van der Waals surface area contributed by atoms with Gasteiger partial charge in [0.25, 0.3) is 0 Å². The number of benzene rings is 2. The van der Waals surface area contributed by atoms with Crippen LogP contribution in [0.5, 0.6) is 5.75 Å². The molecule has 5 heteroatoms. The Labute approximate surface area is 134 Å². The van der Waals surface area contributed by atoms with Crippen molar-refractivity contribution in [3.8, 4) is 5.75 Å². The summed E-state index contributed by atoms with van der Waals surface area (Å²) < 4.78 is 20.2. The number of anilines is 1. The summed E-state index contributed by atoms with van der Waals surface area (Å²) in [6.07, 6.45) is 0. The Morgan fingerprint density at radius 2 is 1.90 bits per heavy atom. The molecule has 0 heterocycles. The molecule has 0 aliphatic rings. The van der Waals surface area contributed by atoms with Crippen LogP contribution in [-0.4, -0.2) is 7.11 Å². The highest BCUT2D eigenvalue weighted by atomic mass is 79.9. The van der Waals surface area contributed by atoms with Crippen LogP contribution in [0.3, 0.4) is 0 Å². The van der Waals surface area contributed by atoms with Gasteiger partial charge in [-0.25, -0.2) is 4.39 Å². The van der Waals surface area contributed by atoms with E-state index < -0.39 is 0 Å². The Morgan fingerprint density at radius 1 is 1.15 bits per heavy atom. The molecular weight excluding hydrogens is 389 g/mol. The molecule has 2 nitrogen and oxygen atoms in total. The summed E-state index contributed by atoms with van der Waals surface area (Å²) in [7, 11) is 1.63. The molecule has 0 aliphatic carbocycles. The average Bonchev–Trinajstić information content (AvgIpc) is 2.43. The van der Waals surface area contributed by atoms with Crippen LogP contribution in [-0.2, 0) is 6.54 Å². The smallest absolute Gasteiger partial charge is 0.139 e. The highest BCUT2D eigenvalue weighted by Gasteiger charge is 2.07. The van der Waals surface area contributed by atoms with E-state index in [0.717, 1.165) is 27.0 Å². The summed E-state index contributed by atoms with van der Waals surface area (Å²) in [5, 5.41) is 3.24. The van der Waals surface area contributed by atoms with E-state index in [1.54, 1.807) is 13.2 Å². The van der Waals surface area contributed by atoms with Gasteiger partial charge in [-0.3, -0.25) is 0 Å². The minimum atomic E-state index is -0.275. The van der Waals surface area contributed by atoms with Gasteiger partial charge >= 0.3 is 0 Å². The van der Waals surface area contributed by atoms with Gasteiger partial charge in [-0.1, -0.05) is 15.9 Å². The number of hydrogen-bond donors (Lipinski definition) is 1. The Balaban J connectivity index is 2.18. The molecule has 0 unspecified atom stereocenters. The molecule has 0 bridgehead atoms. The third-order valence-corrected chi connectivity index (χ3v) is 4.37. The van der Waals surface area contributed by atoms with Crippen molar-refractivity contribution >= 4 is 37.5 Å². The minimum absolute atomic E-state index is 0.275. The van der Waals surface area contributed by atoms with Crippen LogP contribution in [0.2, 0.25) is 0 Å². The van der Waals surface area contributed by atoms with Gasteiger partial charge in [0.1, 0.15) is 11.6 Å². The van der Waals surface area contributed by atoms with Gasteiger partial charge in [-0.2, -0.15) is 0 Å². The van der Waals surface area contributed by atoms with Gasteiger partial charge < -0.3 is 10.1 Å². The maximum Gasteiger partial charge on any atom is 0.139 e. The topological polar surface area (TPSA) is 21.3 Å². The molecule has 1 N–H and O–H groups in total. The van der Waals surface area contributed by atoms with Crippen molar-refractivity contribution in [3.05, 3.63) is 56.2 Å². The number of ether oxygens (including phenoxy) is 1. The van der Waals surface area contributed by atoms with Crippen LogP contribution in [0, 0.1) is 12.7 Å². The predicted octanol–water partition coefficient (Wildman–Crippen LogP) is 5.28. The van der Waals surface area contributed by atoms with Crippen molar-refractivity contribution in [2.24, 2.45) is 0 Å². The molecule has 106 valence electrons. The Morgan fingerprint density at radius 3 is 2.60 bits per heavy atom. The fourth-order valence-electron chi connectivity index (χ4n) is 1.84. The zero-order chi connectivity index (χ0) is 14.7. The van der Waals surface area contributed by atoms with Gasteiger partial charge in [0, 0.05) is 16.7 Å². The van der Waals surface area contributed by atoms with Crippen LogP contribution in [0.4, 0.5) is 10.1 Å². The molecule has 0 aromatic heterocycles. The molecule has 0 atom stereocenters. The van der Waals surface area contributed by atoms with Crippen LogP contribution < -0.4 is 10.1 Å². The number of halogens is 3. The summed E-state index contributed by atoms with van der Waals surface area (Å²) in [5.41, 5.74) is 2.81. The molecule has 2 aromatic rings. The van der Waals surface area contributed by atoms with Crippen LogP contribution in [0.15, 0.2) is 39.3 Å². The van der Waals surface area contributed by atoms with Crippen molar-refractivity contribution in [3.63, 3.8) is 0 Å². The Kier molecular flexibility index (Phi) is 5.05. The Bertz CT molecular complexity index is 632. The van der Waals surface area contributed by atoms with E-state index in [0.29, 0.717) is 11.0 Å². The number of aryl methyl sites for hydroxylation is 1. The van der Waals surface area contributed by atoms with Gasteiger partial charge in [0.15, 0.2) is 0 Å². The van der Waals surface area contributed by atoms with E-state index in [4.69, 9.17) is 4.74 Å². The van der Waals surface area contributed by atoms with E-state index in [2.05, 4.69) is 37.2 Å². The van der Waals surface area contributed by atoms with Crippen LogP contribution >= 0.6 is 31.9 Å². The maximum atomic E-state index is 13.6. The average molecular weight is 403 g/mol. The first-order valence-corrected chi connectivity index (χ1v) is 7.62. The number of rotatable bonds is 4. The second kappa shape index (κ2) is 6.59. The number of hydrogen-bond acceptors (Lipinski definition) is 2. The van der Waals surface area contributed by atoms with Gasteiger partial charge in [0.2, 0.25) is 0 Å². The molecule has 0 saturated heterocycles. The number of nitrogens with one attached hydrogen (secondary N) is 1. The molecule has 0 spiro atoms. The molecule has 0 aliphatic heterocycles. The monoisotopic (exact) mass is 401 g/mol. The van der Waals surface area contributed by atoms with Crippen molar-refractivity contribution in [2.75, 3.05) is 12.4 Å². The molecule has 0 fully saturated rings. The standard InChI is InChI=1S/C15H14Br2FNO/c1-9-5-13(17)14(18)7-15(9)19-8-10-6-11(20-2)3-4-12(10)16/h3-7,19H,8H2,1-2H3. The molecule has 0 amide bonds. The first-order chi connectivity index (χ1) is 9.51. The lowest BCUT2D eigenvalue weighted by atomic mass is 10.1. The zero-order valence-electron chi connectivity index (χ0n) is 11.1. The summed E-state index contributed by atoms with van der Waals surface area (Å²) in [6, 6.07) is 9.02. The van der Waals surface area contributed by atoms with Crippen LogP contribution in [0.1, 0.15) is 11.1 Å². The van der Waals surface area contributed by atoms with E-state index in [1.807, 2.05) is 25.1 Å². The van der Waals surface area contributed by atoms with Crippen molar-refractivity contribution in [1.29, 1.82) is 0 Å². The van der Waals surface area contributed by atoms with Gasteiger partial charge in [0.05, 0.1) is 11.6 Å². The van der Waals surface area contributed by atoms with Crippen molar-refractivity contribution in [2.45, 2.75) is 13.5 Å². The summed E-state index contributed by atoms with van der Waals surface area (Å²) in [6.45, 7) is 2.52. The second-order valence-electron chi connectivity index (χ2n) is 4.39. The summed E-state index contributed by atoms with van der Waals surface area (Å²) in [4.78, 5) is 0. The first kappa shape index (κ1) is 15.3. The van der Waals surface area contributed by atoms with E-state index >= 15 is 0 Å². The molecule has 20 heavy (non-hydrogen) atoms. The number of methoxy groups -OCH3 is 1. The first-order valence-electron chi connectivity index (χ1n) is 6.03. The third-order valence-electron chi connectivity index (χ3n) is 2.99. The molecule has 2 aromatic carbocycles. The highest BCUT2D eigenvalue weighted by molar-refractivity contribution is 9.10. The molecule has 0 radical (unpaired) electrons. The SMILES string of the molecule is COc1ccc(Br)c(CNc2cc(F)c(Br)cc2C)c1. The second-order valence-corrected chi connectivity index (χ2v) is 6.10. The third kappa shape index (κ3) is 3.52. The lowest BCUT2D eigenvalue weighted by molar-refractivity contribution is 0.414. The lowest BCUT2D eigenvalue weighted by Crippen LogP contribution is -2.03. The van der Waals surface area contributed by atoms with Crippen molar-refractivity contribution < 1.29 is 9.13 Å². The van der Waals surface area contributed by atoms with Crippen molar-refractivity contribution in [1.82, 2.24) is 0 Å². The highest BCUT2D eigenvalue weighted by Crippen LogP contribution is 2.26. The fraction of sp³-hybridized carbons (Fsp3) is 0.200. The minimum Gasteiger partial charge on any atom is -0.497 e. The molecule has 2 rings (SSSR count). The fourth-order valence-corrected chi connectivity index (χ4v) is 2.69. The predicted molar refractivity (Wildman–Crippen MR) is 86.9 cm³/mol. The summed E-state index contributed by atoms with van der Waals surface area (Å²) >= 11 is 6.68. The molecule has 0 saturated carbocycles. The summed E-state index contributed by atoms with van der Waals surface area (Å²) in [5.74, 6) is 0.520. The quantitative estimate of drug-likeness (QED) is 0.751. The lowest BCUT2D eigenvalue weighted by Gasteiger charge is -2.12. The maximum absolute atomic E-state index is 13.6. The largest absolute Gasteiger partial charge is 0.497 e.